The van der Waals surface area contributed by atoms with E-state index in [0.717, 1.165) is 27.8 Å². The molecule has 2 heterocycles. The first-order chi connectivity index (χ1) is 13.1. The maximum atomic E-state index is 13.7. The van der Waals surface area contributed by atoms with Crippen molar-refractivity contribution in [3.8, 4) is 0 Å². The molecule has 0 spiro atoms. The smallest absolute Gasteiger partial charge is 0.170 e. The van der Waals surface area contributed by atoms with E-state index in [1.165, 1.54) is 43.7 Å². The Morgan fingerprint density at radius 3 is 2.81 bits per heavy atom. The molecular weight excluding hydrogens is 359 g/mol. The average molecular weight is 387 g/mol. The van der Waals surface area contributed by atoms with Crippen LogP contribution in [0.3, 0.4) is 0 Å². The molecule has 0 bridgehead atoms. The second-order valence-corrected chi connectivity index (χ2v) is 8.75. The molecule has 0 amide bonds. The number of nitrogens with zero attached hydrogens (tertiary/aromatic N) is 2. The lowest BCUT2D eigenvalue weighted by molar-refractivity contribution is 0.230. The molecule has 2 aliphatic rings. The van der Waals surface area contributed by atoms with Gasteiger partial charge in [0.25, 0.3) is 0 Å². The molecule has 4 rings (SSSR count). The molecule has 2 aromatic rings. The minimum absolute atomic E-state index is 0.175. The second-order valence-electron chi connectivity index (χ2n) is 7.80. The molecule has 1 unspecified atom stereocenters. The molecule has 0 radical (unpaired) electrons. The third-order valence-corrected chi connectivity index (χ3v) is 7.08. The van der Waals surface area contributed by atoms with Crippen LogP contribution >= 0.6 is 11.8 Å². The number of pyridine rings is 1. The van der Waals surface area contributed by atoms with Crippen LogP contribution in [0, 0.1) is 11.7 Å². The summed E-state index contributed by atoms with van der Waals surface area (Å²) < 4.78 is 19.1. The molecule has 3 nitrogen and oxygen atoms in total. The quantitative estimate of drug-likeness (QED) is 0.641. The highest BCUT2D eigenvalue weighted by atomic mass is 32.2. The summed E-state index contributed by atoms with van der Waals surface area (Å²) in [5, 5.41) is 2.00. The zero-order valence-electron chi connectivity index (χ0n) is 16.0. The summed E-state index contributed by atoms with van der Waals surface area (Å²) in [5.41, 5.74) is 2.17. The first-order valence-electron chi connectivity index (χ1n) is 9.82. The van der Waals surface area contributed by atoms with Gasteiger partial charge in [0, 0.05) is 23.8 Å². The van der Waals surface area contributed by atoms with Crippen molar-refractivity contribution in [2.45, 2.75) is 51.0 Å². The summed E-state index contributed by atoms with van der Waals surface area (Å²) in [4.78, 5) is 6.80. The third-order valence-electron chi connectivity index (χ3n) is 6.09. The topological polar surface area (TPSA) is 25.4 Å². The summed E-state index contributed by atoms with van der Waals surface area (Å²) >= 11 is 1.77. The van der Waals surface area contributed by atoms with E-state index in [1.54, 1.807) is 31.0 Å². The van der Waals surface area contributed by atoms with Crippen LogP contribution in [-0.4, -0.2) is 28.9 Å². The van der Waals surface area contributed by atoms with E-state index in [-0.39, 0.29) is 5.82 Å². The number of thioether (sulfide) groups is 1. The van der Waals surface area contributed by atoms with Gasteiger partial charge in [-0.2, -0.15) is 0 Å². The Bertz CT molecular complexity index is 832. The number of hydrogen-bond donors (Lipinski definition) is 0. The fourth-order valence-corrected chi connectivity index (χ4v) is 5.47. The summed E-state index contributed by atoms with van der Waals surface area (Å²) in [6.07, 6.45) is 10.1. The third kappa shape index (κ3) is 4.08. The number of methoxy groups -OCH3 is 1. The summed E-state index contributed by atoms with van der Waals surface area (Å²) in [5.74, 6) is 2.11. The first kappa shape index (κ1) is 18.6. The van der Waals surface area contributed by atoms with Gasteiger partial charge in [-0.05, 0) is 80.7 Å². The second kappa shape index (κ2) is 8.09. The fourth-order valence-electron chi connectivity index (χ4n) is 4.54. The van der Waals surface area contributed by atoms with E-state index in [9.17, 15) is 4.39 Å². The van der Waals surface area contributed by atoms with Gasteiger partial charge in [-0.1, -0.05) is 11.8 Å². The van der Waals surface area contributed by atoms with Crippen molar-refractivity contribution in [1.82, 2.24) is 9.88 Å². The van der Waals surface area contributed by atoms with Crippen LogP contribution in [0.1, 0.15) is 50.5 Å². The predicted molar refractivity (Wildman–Crippen MR) is 110 cm³/mol. The number of fused-ring (bicyclic) bond motifs is 1. The summed E-state index contributed by atoms with van der Waals surface area (Å²) in [7, 11) is 1.74. The standard InChI is InChI=1S/C22H27FN2OS/c1-15(25-13-22(26-2)27-14-25)11-16-3-5-17(6-4-16)19-9-10-24-21-8-7-18(23)12-20(19)21/h7-10,12-13,15-17H,3-6,11,14H2,1-2H3. The largest absolute Gasteiger partial charge is 0.489 e. The van der Waals surface area contributed by atoms with Gasteiger partial charge in [0.05, 0.1) is 18.5 Å². The predicted octanol–water partition coefficient (Wildman–Crippen LogP) is 5.88. The normalized spacial score (nSPS) is 24.1. The van der Waals surface area contributed by atoms with Crippen LogP contribution in [-0.2, 0) is 4.74 Å². The Morgan fingerprint density at radius 2 is 2.07 bits per heavy atom. The Labute approximate surface area is 165 Å². The van der Waals surface area contributed by atoms with Crippen molar-refractivity contribution in [2.24, 2.45) is 5.92 Å². The highest BCUT2D eigenvalue weighted by Crippen LogP contribution is 2.40. The van der Waals surface area contributed by atoms with Crippen LogP contribution in [0.4, 0.5) is 4.39 Å². The van der Waals surface area contributed by atoms with Gasteiger partial charge in [-0.3, -0.25) is 4.98 Å². The van der Waals surface area contributed by atoms with E-state index < -0.39 is 0 Å². The number of rotatable bonds is 5. The summed E-state index contributed by atoms with van der Waals surface area (Å²) in [6.45, 7) is 2.32. The van der Waals surface area contributed by atoms with Gasteiger partial charge in [0.15, 0.2) is 5.09 Å². The van der Waals surface area contributed by atoms with Crippen molar-refractivity contribution in [3.05, 3.63) is 53.1 Å². The van der Waals surface area contributed by atoms with E-state index >= 15 is 0 Å². The molecular formula is C22H27FN2OS. The van der Waals surface area contributed by atoms with Crippen LogP contribution in [0.15, 0.2) is 41.8 Å². The molecule has 0 saturated heterocycles. The van der Waals surface area contributed by atoms with Crippen LogP contribution in [0.5, 0.6) is 0 Å². The molecule has 144 valence electrons. The van der Waals surface area contributed by atoms with Crippen LogP contribution < -0.4 is 0 Å². The lowest BCUT2D eigenvalue weighted by Gasteiger charge is -2.33. The molecule has 1 aromatic heterocycles. The minimum atomic E-state index is -0.175. The Morgan fingerprint density at radius 1 is 1.26 bits per heavy atom. The van der Waals surface area contributed by atoms with Crippen molar-refractivity contribution >= 4 is 22.7 Å². The Balaban J connectivity index is 1.38. The molecule has 1 aromatic carbocycles. The van der Waals surface area contributed by atoms with Crippen LogP contribution in [0.2, 0.25) is 0 Å². The molecule has 1 saturated carbocycles. The molecule has 1 fully saturated rings. The molecule has 1 aliphatic heterocycles. The van der Waals surface area contributed by atoms with Gasteiger partial charge < -0.3 is 9.64 Å². The van der Waals surface area contributed by atoms with Crippen molar-refractivity contribution in [2.75, 3.05) is 13.0 Å². The molecule has 5 heteroatoms. The molecule has 1 aliphatic carbocycles. The number of aromatic nitrogens is 1. The number of ether oxygens (including phenoxy) is 1. The molecule has 0 N–H and O–H groups in total. The maximum absolute atomic E-state index is 13.7. The van der Waals surface area contributed by atoms with E-state index in [1.807, 2.05) is 6.20 Å². The SMILES string of the molecule is COC1=CN(C(C)CC2CCC(c3ccnc4ccc(F)cc34)CC2)CS1. The highest BCUT2D eigenvalue weighted by molar-refractivity contribution is 8.03. The average Bonchev–Trinajstić information content (AvgIpc) is 3.18. The lowest BCUT2D eigenvalue weighted by Crippen LogP contribution is -2.29. The monoisotopic (exact) mass is 386 g/mol. The van der Waals surface area contributed by atoms with E-state index in [4.69, 9.17) is 4.74 Å². The van der Waals surface area contributed by atoms with Crippen LogP contribution in [0.25, 0.3) is 10.9 Å². The van der Waals surface area contributed by atoms with E-state index in [2.05, 4.69) is 29.1 Å². The van der Waals surface area contributed by atoms with Crippen molar-refractivity contribution in [1.29, 1.82) is 0 Å². The minimum Gasteiger partial charge on any atom is -0.489 e. The van der Waals surface area contributed by atoms with Gasteiger partial charge in [-0.25, -0.2) is 4.39 Å². The molecule has 1 atom stereocenters. The Kier molecular flexibility index (Phi) is 5.58. The fraction of sp³-hybridized carbons (Fsp3) is 0.500. The summed E-state index contributed by atoms with van der Waals surface area (Å²) in [6, 6.07) is 7.57. The van der Waals surface area contributed by atoms with Gasteiger partial charge in [0.2, 0.25) is 0 Å². The number of benzene rings is 1. The lowest BCUT2D eigenvalue weighted by atomic mass is 9.76. The highest BCUT2D eigenvalue weighted by Gasteiger charge is 2.27. The number of hydrogen-bond acceptors (Lipinski definition) is 4. The number of halogens is 1. The maximum Gasteiger partial charge on any atom is 0.170 e. The van der Waals surface area contributed by atoms with Crippen molar-refractivity contribution < 1.29 is 9.13 Å². The zero-order valence-corrected chi connectivity index (χ0v) is 16.8. The van der Waals surface area contributed by atoms with E-state index in [0.29, 0.717) is 12.0 Å². The molecule has 27 heavy (non-hydrogen) atoms. The zero-order chi connectivity index (χ0) is 18.8. The van der Waals surface area contributed by atoms with Gasteiger partial charge >= 0.3 is 0 Å². The Hall–Kier alpha value is -1.75. The van der Waals surface area contributed by atoms with Gasteiger partial charge in [-0.15, -0.1) is 0 Å². The van der Waals surface area contributed by atoms with Gasteiger partial charge in [0.1, 0.15) is 5.82 Å². The first-order valence-corrected chi connectivity index (χ1v) is 10.8. The van der Waals surface area contributed by atoms with Crippen molar-refractivity contribution in [3.63, 3.8) is 0 Å².